The molecule has 0 saturated heterocycles. The normalized spacial score (nSPS) is 17.9. The Morgan fingerprint density at radius 2 is 1.97 bits per heavy atom. The zero-order valence-electron chi connectivity index (χ0n) is 16.6. The highest BCUT2D eigenvalue weighted by Crippen LogP contribution is 2.36. The molecule has 4 rings (SSSR count). The molecule has 1 amide bonds. The van der Waals surface area contributed by atoms with Crippen molar-refractivity contribution in [3.8, 4) is 0 Å². The van der Waals surface area contributed by atoms with Gasteiger partial charge in [-0.25, -0.2) is 4.98 Å². The Hall–Kier alpha value is -2.84. The smallest absolute Gasteiger partial charge is 0.367 e. The highest BCUT2D eigenvalue weighted by molar-refractivity contribution is 5.99. The predicted octanol–water partition coefficient (Wildman–Crippen LogP) is 5.11. The van der Waals surface area contributed by atoms with Gasteiger partial charge in [-0.15, -0.1) is 0 Å². The minimum atomic E-state index is -4.55. The Labute approximate surface area is 172 Å². The Kier molecular flexibility index (Phi) is 5.53. The second-order valence-corrected chi connectivity index (χ2v) is 8.01. The van der Waals surface area contributed by atoms with E-state index in [2.05, 4.69) is 25.9 Å². The van der Waals surface area contributed by atoms with Crippen molar-refractivity contribution in [3.63, 3.8) is 0 Å². The van der Waals surface area contributed by atoms with Gasteiger partial charge in [-0.1, -0.05) is 19.3 Å². The summed E-state index contributed by atoms with van der Waals surface area (Å²) in [7, 11) is 0. The zero-order valence-corrected chi connectivity index (χ0v) is 16.6. The summed E-state index contributed by atoms with van der Waals surface area (Å²) in [6.07, 6.45) is 1.94. The number of rotatable bonds is 5. The maximum absolute atomic E-state index is 13.5. The van der Waals surface area contributed by atoms with E-state index in [0.717, 1.165) is 43.1 Å². The first-order valence-electron chi connectivity index (χ1n) is 10.2. The summed E-state index contributed by atoms with van der Waals surface area (Å²) in [5.74, 6) is 0.0960. The molecule has 1 aromatic heterocycles. The van der Waals surface area contributed by atoms with Crippen LogP contribution in [0.1, 0.15) is 50.2 Å². The predicted molar refractivity (Wildman–Crippen MR) is 109 cm³/mol. The number of carbonyl (C=O) groups is 1. The summed E-state index contributed by atoms with van der Waals surface area (Å²) in [4.78, 5) is 19.5. The molecule has 9 heteroatoms. The molecule has 1 atom stereocenters. The largest absolute Gasteiger partial charge is 0.421 e. The molecule has 2 heterocycles. The monoisotopic (exact) mass is 419 g/mol. The standard InChI is InChI=1S/C21H24F3N5O/c1-12(13-5-3-2-4-6-13)26-19-16(21(22,23)24)11-25-20(29-19)27-15-7-8-17-14(9-15)10-18(30)28-17/h7-9,11-13H,2-6,10H2,1H3,(H,28,30)(H2,25,26,27,29). The van der Waals surface area contributed by atoms with Crippen molar-refractivity contribution in [2.75, 3.05) is 16.0 Å². The van der Waals surface area contributed by atoms with Gasteiger partial charge in [0.1, 0.15) is 11.4 Å². The fraction of sp³-hybridized carbons (Fsp3) is 0.476. The van der Waals surface area contributed by atoms with Gasteiger partial charge in [-0.2, -0.15) is 18.2 Å². The van der Waals surface area contributed by atoms with E-state index in [1.54, 1.807) is 18.2 Å². The van der Waals surface area contributed by atoms with Crippen LogP contribution in [0.3, 0.4) is 0 Å². The highest BCUT2D eigenvalue weighted by atomic mass is 19.4. The number of nitrogens with zero attached hydrogens (tertiary/aromatic N) is 2. The van der Waals surface area contributed by atoms with E-state index in [1.807, 2.05) is 6.92 Å². The van der Waals surface area contributed by atoms with Crippen LogP contribution in [-0.2, 0) is 17.4 Å². The van der Waals surface area contributed by atoms with E-state index < -0.39 is 11.7 Å². The summed E-state index contributed by atoms with van der Waals surface area (Å²) >= 11 is 0. The lowest BCUT2D eigenvalue weighted by atomic mass is 9.84. The van der Waals surface area contributed by atoms with Crippen molar-refractivity contribution in [1.82, 2.24) is 9.97 Å². The third kappa shape index (κ3) is 4.49. The number of amides is 1. The third-order valence-electron chi connectivity index (χ3n) is 5.80. The Bertz CT molecular complexity index is 941. The van der Waals surface area contributed by atoms with Crippen LogP contribution in [-0.4, -0.2) is 21.9 Å². The minimum absolute atomic E-state index is 0.0681. The topological polar surface area (TPSA) is 78.9 Å². The van der Waals surface area contributed by atoms with Crippen LogP contribution in [0.25, 0.3) is 0 Å². The third-order valence-corrected chi connectivity index (χ3v) is 5.80. The molecule has 160 valence electrons. The van der Waals surface area contributed by atoms with Gasteiger partial charge in [-0.05, 0) is 49.4 Å². The maximum Gasteiger partial charge on any atom is 0.421 e. The molecule has 1 aromatic carbocycles. The van der Waals surface area contributed by atoms with E-state index in [4.69, 9.17) is 0 Å². The molecule has 0 bridgehead atoms. The fourth-order valence-electron chi connectivity index (χ4n) is 4.16. The van der Waals surface area contributed by atoms with Crippen molar-refractivity contribution in [2.24, 2.45) is 5.92 Å². The van der Waals surface area contributed by atoms with E-state index in [1.165, 1.54) is 6.42 Å². The number of benzene rings is 1. The number of carbonyl (C=O) groups excluding carboxylic acids is 1. The van der Waals surface area contributed by atoms with E-state index >= 15 is 0 Å². The average Bonchev–Trinajstić information content (AvgIpc) is 3.07. The number of nitrogens with one attached hydrogen (secondary N) is 3. The van der Waals surface area contributed by atoms with Crippen molar-refractivity contribution in [1.29, 1.82) is 0 Å². The second-order valence-electron chi connectivity index (χ2n) is 8.01. The fourth-order valence-corrected chi connectivity index (χ4v) is 4.16. The summed E-state index contributed by atoms with van der Waals surface area (Å²) in [5.41, 5.74) is 1.29. The average molecular weight is 419 g/mol. The summed E-state index contributed by atoms with van der Waals surface area (Å²) in [6.45, 7) is 1.91. The van der Waals surface area contributed by atoms with Crippen LogP contribution in [0.2, 0.25) is 0 Å². The quantitative estimate of drug-likeness (QED) is 0.627. The van der Waals surface area contributed by atoms with Crippen LogP contribution in [0, 0.1) is 5.92 Å². The lowest BCUT2D eigenvalue weighted by molar-refractivity contribution is -0.137. The van der Waals surface area contributed by atoms with Gasteiger partial charge in [0.2, 0.25) is 11.9 Å². The van der Waals surface area contributed by atoms with Gasteiger partial charge in [0.05, 0.1) is 6.42 Å². The molecule has 0 radical (unpaired) electrons. The molecular weight excluding hydrogens is 395 g/mol. The molecule has 30 heavy (non-hydrogen) atoms. The molecule has 2 aromatic rings. The molecule has 6 nitrogen and oxygen atoms in total. The Morgan fingerprint density at radius 3 is 2.70 bits per heavy atom. The van der Waals surface area contributed by atoms with Gasteiger partial charge < -0.3 is 16.0 Å². The van der Waals surface area contributed by atoms with Crippen LogP contribution in [0.15, 0.2) is 24.4 Å². The summed E-state index contributed by atoms with van der Waals surface area (Å²) in [5, 5.41) is 8.69. The number of fused-ring (bicyclic) bond motifs is 1. The number of anilines is 4. The van der Waals surface area contributed by atoms with Crippen molar-refractivity contribution >= 4 is 29.0 Å². The van der Waals surface area contributed by atoms with E-state index in [-0.39, 0.29) is 30.1 Å². The zero-order chi connectivity index (χ0) is 21.3. The first kappa shape index (κ1) is 20.4. The summed E-state index contributed by atoms with van der Waals surface area (Å²) < 4.78 is 40.5. The van der Waals surface area contributed by atoms with Gasteiger partial charge >= 0.3 is 6.18 Å². The lowest BCUT2D eigenvalue weighted by Gasteiger charge is -2.29. The molecule has 1 aliphatic heterocycles. The van der Waals surface area contributed by atoms with Crippen LogP contribution in [0.5, 0.6) is 0 Å². The molecule has 1 unspecified atom stereocenters. The van der Waals surface area contributed by atoms with Gasteiger partial charge in [-0.3, -0.25) is 4.79 Å². The molecule has 1 saturated carbocycles. The first-order chi connectivity index (χ1) is 14.3. The Balaban J connectivity index is 1.56. The molecule has 1 aliphatic carbocycles. The number of aromatic nitrogens is 2. The Morgan fingerprint density at radius 1 is 1.20 bits per heavy atom. The lowest BCUT2D eigenvalue weighted by Crippen LogP contribution is -2.29. The number of alkyl halides is 3. The van der Waals surface area contributed by atoms with Crippen LogP contribution >= 0.6 is 0 Å². The molecule has 3 N–H and O–H groups in total. The van der Waals surface area contributed by atoms with Crippen molar-refractivity contribution in [3.05, 3.63) is 35.5 Å². The van der Waals surface area contributed by atoms with Gasteiger partial charge in [0.15, 0.2) is 0 Å². The van der Waals surface area contributed by atoms with E-state index in [0.29, 0.717) is 11.6 Å². The van der Waals surface area contributed by atoms with Gasteiger partial charge in [0.25, 0.3) is 0 Å². The van der Waals surface area contributed by atoms with Crippen molar-refractivity contribution in [2.45, 2.75) is 57.7 Å². The van der Waals surface area contributed by atoms with E-state index in [9.17, 15) is 18.0 Å². The van der Waals surface area contributed by atoms with Gasteiger partial charge in [0, 0.05) is 23.6 Å². The molecule has 0 spiro atoms. The second kappa shape index (κ2) is 8.12. The number of hydrogen-bond acceptors (Lipinski definition) is 5. The maximum atomic E-state index is 13.5. The molecule has 2 aliphatic rings. The highest BCUT2D eigenvalue weighted by Gasteiger charge is 2.36. The summed E-state index contributed by atoms with van der Waals surface area (Å²) in [6, 6.07) is 5.12. The van der Waals surface area contributed by atoms with Crippen molar-refractivity contribution < 1.29 is 18.0 Å². The van der Waals surface area contributed by atoms with Crippen LogP contribution < -0.4 is 16.0 Å². The molecule has 1 fully saturated rings. The number of halogens is 3. The minimum Gasteiger partial charge on any atom is -0.367 e. The number of hydrogen-bond donors (Lipinski definition) is 3. The first-order valence-corrected chi connectivity index (χ1v) is 10.2. The molecular formula is C21H24F3N5O. The SMILES string of the molecule is CC(Nc1nc(Nc2ccc3c(c2)CC(=O)N3)ncc1C(F)(F)F)C1CCCCC1. The van der Waals surface area contributed by atoms with Crippen LogP contribution in [0.4, 0.5) is 36.3 Å².